The first-order chi connectivity index (χ1) is 9.39. The molecule has 1 amide bonds. The second-order valence-corrected chi connectivity index (χ2v) is 7.33. The van der Waals surface area contributed by atoms with Crippen molar-refractivity contribution in [2.75, 3.05) is 13.1 Å². The minimum atomic E-state index is -0.296. The summed E-state index contributed by atoms with van der Waals surface area (Å²) in [7, 11) is 0. The first kappa shape index (κ1) is 15.5. The largest absolute Gasteiger partial charge is 0.355 e. The fraction of sp³-hybridized carbons (Fsp3) is 0.562. The van der Waals surface area contributed by atoms with Gasteiger partial charge in [0.2, 0.25) is 5.91 Å². The van der Waals surface area contributed by atoms with Gasteiger partial charge in [-0.05, 0) is 30.5 Å². The topological polar surface area (TPSA) is 55.1 Å². The second-order valence-electron chi connectivity index (χ2n) is 6.41. The zero-order chi connectivity index (χ0) is 14.8. The molecule has 1 aromatic rings. The van der Waals surface area contributed by atoms with E-state index >= 15 is 0 Å². The number of carbonyl (C=O) groups is 1. The predicted octanol–water partition coefficient (Wildman–Crippen LogP) is 2.97. The molecule has 1 fully saturated rings. The summed E-state index contributed by atoms with van der Waals surface area (Å²) in [5.74, 6) is 0.122. The Morgan fingerprint density at radius 1 is 1.35 bits per heavy atom. The first-order valence-electron chi connectivity index (χ1n) is 7.14. The van der Waals surface area contributed by atoms with Gasteiger partial charge in [0.1, 0.15) is 0 Å². The Bertz CT molecular complexity index is 472. The smallest absolute Gasteiger partial charge is 0.227 e. The van der Waals surface area contributed by atoms with Crippen molar-refractivity contribution in [2.24, 2.45) is 11.1 Å². The molecular formula is C16H23BrN2O. The normalized spacial score (nSPS) is 17.4. The third kappa shape index (κ3) is 3.07. The summed E-state index contributed by atoms with van der Waals surface area (Å²) in [6.07, 6.45) is 2.96. The lowest BCUT2D eigenvalue weighted by atomic mass is 9.68. The number of nitrogens with two attached hydrogens (primary N) is 1. The van der Waals surface area contributed by atoms with Gasteiger partial charge in [0, 0.05) is 23.0 Å². The highest BCUT2D eigenvalue weighted by atomic mass is 79.9. The summed E-state index contributed by atoms with van der Waals surface area (Å²) in [4.78, 5) is 12.3. The van der Waals surface area contributed by atoms with E-state index in [-0.39, 0.29) is 16.7 Å². The van der Waals surface area contributed by atoms with Gasteiger partial charge in [-0.3, -0.25) is 4.79 Å². The van der Waals surface area contributed by atoms with Crippen molar-refractivity contribution in [3.8, 4) is 0 Å². The molecule has 110 valence electrons. The van der Waals surface area contributed by atoms with Gasteiger partial charge in [0.25, 0.3) is 0 Å². The van der Waals surface area contributed by atoms with Crippen LogP contribution < -0.4 is 11.1 Å². The van der Waals surface area contributed by atoms with Crippen LogP contribution in [0.4, 0.5) is 0 Å². The number of nitrogens with one attached hydrogen (secondary N) is 1. The summed E-state index contributed by atoms with van der Waals surface area (Å²) in [5, 5.41) is 3.10. The van der Waals surface area contributed by atoms with Crippen LogP contribution in [0.25, 0.3) is 0 Å². The van der Waals surface area contributed by atoms with Crippen LogP contribution in [0.3, 0.4) is 0 Å². The van der Waals surface area contributed by atoms with Gasteiger partial charge in [-0.1, -0.05) is 48.3 Å². The standard InChI is InChI=1S/C16H23BrN2O/c1-15(2,12-4-6-13(17)7-5-12)11-19-14(20)16(10-18)8-3-9-16/h4-7H,3,8-11,18H2,1-2H3,(H,19,20). The molecule has 0 atom stereocenters. The molecule has 2 rings (SSSR count). The summed E-state index contributed by atoms with van der Waals surface area (Å²) < 4.78 is 1.07. The summed E-state index contributed by atoms with van der Waals surface area (Å²) >= 11 is 3.44. The van der Waals surface area contributed by atoms with E-state index in [9.17, 15) is 4.79 Å². The highest BCUT2D eigenvalue weighted by Gasteiger charge is 2.43. The van der Waals surface area contributed by atoms with Crippen molar-refractivity contribution in [1.82, 2.24) is 5.32 Å². The van der Waals surface area contributed by atoms with Gasteiger partial charge in [-0.2, -0.15) is 0 Å². The Labute approximate surface area is 129 Å². The summed E-state index contributed by atoms with van der Waals surface area (Å²) in [5.41, 5.74) is 6.61. The maximum Gasteiger partial charge on any atom is 0.227 e. The Hall–Kier alpha value is -0.870. The molecule has 0 saturated heterocycles. The quantitative estimate of drug-likeness (QED) is 0.867. The number of hydrogen-bond donors (Lipinski definition) is 2. The van der Waals surface area contributed by atoms with Crippen LogP contribution in [-0.2, 0) is 10.2 Å². The van der Waals surface area contributed by atoms with Gasteiger partial charge < -0.3 is 11.1 Å². The molecule has 0 aliphatic heterocycles. The van der Waals surface area contributed by atoms with Crippen molar-refractivity contribution in [3.05, 3.63) is 34.3 Å². The fourth-order valence-electron chi connectivity index (χ4n) is 2.62. The monoisotopic (exact) mass is 338 g/mol. The Balaban J connectivity index is 1.98. The van der Waals surface area contributed by atoms with Crippen LogP contribution in [0.1, 0.15) is 38.7 Å². The Kier molecular flexibility index (Phi) is 4.55. The molecule has 0 heterocycles. The average Bonchev–Trinajstić information content (AvgIpc) is 2.36. The summed E-state index contributed by atoms with van der Waals surface area (Å²) in [6.45, 7) is 5.38. The van der Waals surface area contributed by atoms with E-state index in [2.05, 4.69) is 47.2 Å². The van der Waals surface area contributed by atoms with E-state index in [1.54, 1.807) is 0 Å². The molecule has 4 heteroatoms. The lowest BCUT2D eigenvalue weighted by Gasteiger charge is -2.40. The van der Waals surface area contributed by atoms with Crippen LogP contribution >= 0.6 is 15.9 Å². The van der Waals surface area contributed by atoms with Crippen molar-refractivity contribution in [3.63, 3.8) is 0 Å². The van der Waals surface area contributed by atoms with E-state index in [0.717, 1.165) is 23.7 Å². The maximum atomic E-state index is 12.3. The van der Waals surface area contributed by atoms with Gasteiger partial charge in [-0.25, -0.2) is 0 Å². The van der Waals surface area contributed by atoms with Crippen LogP contribution in [-0.4, -0.2) is 19.0 Å². The molecule has 1 saturated carbocycles. The lowest BCUT2D eigenvalue weighted by molar-refractivity contribution is -0.135. The highest BCUT2D eigenvalue weighted by Crippen LogP contribution is 2.40. The lowest BCUT2D eigenvalue weighted by Crippen LogP contribution is -2.52. The Morgan fingerprint density at radius 3 is 2.40 bits per heavy atom. The molecule has 0 aromatic heterocycles. The minimum Gasteiger partial charge on any atom is -0.355 e. The predicted molar refractivity (Wildman–Crippen MR) is 85.5 cm³/mol. The van der Waals surface area contributed by atoms with Crippen LogP contribution in [0, 0.1) is 5.41 Å². The van der Waals surface area contributed by atoms with Crippen LogP contribution in [0.15, 0.2) is 28.7 Å². The van der Waals surface area contributed by atoms with Gasteiger partial charge >= 0.3 is 0 Å². The number of halogens is 1. The second kappa shape index (κ2) is 5.86. The van der Waals surface area contributed by atoms with Crippen molar-refractivity contribution in [1.29, 1.82) is 0 Å². The van der Waals surface area contributed by atoms with Crippen LogP contribution in [0.5, 0.6) is 0 Å². The molecule has 20 heavy (non-hydrogen) atoms. The third-order valence-corrected chi connectivity index (χ3v) is 5.03. The van der Waals surface area contributed by atoms with Gasteiger partial charge in [0.15, 0.2) is 0 Å². The number of benzene rings is 1. The molecular weight excluding hydrogens is 316 g/mol. The molecule has 0 bridgehead atoms. The van der Waals surface area contributed by atoms with Crippen molar-refractivity contribution < 1.29 is 4.79 Å². The molecule has 1 aliphatic carbocycles. The van der Waals surface area contributed by atoms with Crippen molar-refractivity contribution in [2.45, 2.75) is 38.5 Å². The highest BCUT2D eigenvalue weighted by molar-refractivity contribution is 9.10. The van der Waals surface area contributed by atoms with E-state index in [1.807, 2.05) is 12.1 Å². The zero-order valence-corrected chi connectivity index (χ0v) is 13.8. The SMILES string of the molecule is CC(C)(CNC(=O)C1(CN)CCC1)c1ccc(Br)cc1. The fourth-order valence-corrected chi connectivity index (χ4v) is 2.88. The molecule has 0 radical (unpaired) electrons. The van der Waals surface area contributed by atoms with E-state index < -0.39 is 0 Å². The minimum absolute atomic E-state index is 0.0874. The molecule has 3 N–H and O–H groups in total. The molecule has 0 spiro atoms. The zero-order valence-electron chi connectivity index (χ0n) is 12.2. The number of rotatable bonds is 5. The maximum absolute atomic E-state index is 12.3. The molecule has 3 nitrogen and oxygen atoms in total. The first-order valence-corrected chi connectivity index (χ1v) is 7.93. The molecule has 1 aliphatic rings. The van der Waals surface area contributed by atoms with Gasteiger partial charge in [-0.15, -0.1) is 0 Å². The van der Waals surface area contributed by atoms with E-state index in [0.29, 0.717) is 13.1 Å². The molecule has 0 unspecified atom stereocenters. The van der Waals surface area contributed by atoms with E-state index in [4.69, 9.17) is 5.73 Å². The van der Waals surface area contributed by atoms with E-state index in [1.165, 1.54) is 5.56 Å². The van der Waals surface area contributed by atoms with Crippen molar-refractivity contribution >= 4 is 21.8 Å². The molecule has 1 aromatic carbocycles. The third-order valence-electron chi connectivity index (χ3n) is 4.50. The average molecular weight is 339 g/mol. The summed E-state index contributed by atoms with van der Waals surface area (Å²) in [6, 6.07) is 8.26. The van der Waals surface area contributed by atoms with Crippen LogP contribution in [0.2, 0.25) is 0 Å². The number of amides is 1. The Morgan fingerprint density at radius 2 is 1.95 bits per heavy atom. The number of carbonyl (C=O) groups excluding carboxylic acids is 1. The number of hydrogen-bond acceptors (Lipinski definition) is 2. The van der Waals surface area contributed by atoms with Gasteiger partial charge in [0.05, 0.1) is 5.41 Å².